The van der Waals surface area contributed by atoms with Gasteiger partial charge in [0.25, 0.3) is 0 Å². The van der Waals surface area contributed by atoms with Gasteiger partial charge >= 0.3 is 12.2 Å². The molecule has 6 nitrogen and oxygen atoms in total. The van der Waals surface area contributed by atoms with Gasteiger partial charge in [0.1, 0.15) is 0 Å². The zero-order valence-electron chi connectivity index (χ0n) is 13.4. The summed E-state index contributed by atoms with van der Waals surface area (Å²) in [4.78, 5) is 26.9. The maximum Gasteiger partial charge on any atom is 0.401 e. The van der Waals surface area contributed by atoms with Crippen molar-refractivity contribution in [3.05, 3.63) is 0 Å². The topological polar surface area (TPSA) is 64.7 Å². The van der Waals surface area contributed by atoms with Crippen LogP contribution in [0.5, 0.6) is 0 Å². The normalized spacial score (nSPS) is 28.5. The lowest BCUT2D eigenvalue weighted by Crippen LogP contribution is -2.45. The molecule has 1 aliphatic carbocycles. The highest BCUT2D eigenvalue weighted by Crippen LogP contribution is 2.30. The van der Waals surface area contributed by atoms with Gasteiger partial charge in [0.15, 0.2) is 0 Å². The number of carbonyl (C=O) groups excluding carboxylic acids is 2. The number of hydrogen-bond acceptors (Lipinski definition) is 3. The highest BCUT2D eigenvalue weighted by atomic mass is 19.4. The number of hydrogen-bond donors (Lipinski definition) is 2. The molecule has 1 saturated carbocycles. The van der Waals surface area contributed by atoms with Crippen LogP contribution >= 0.6 is 0 Å². The van der Waals surface area contributed by atoms with Gasteiger partial charge in [-0.3, -0.25) is 9.69 Å². The van der Waals surface area contributed by atoms with E-state index in [2.05, 4.69) is 10.6 Å². The van der Waals surface area contributed by atoms with Gasteiger partial charge in [0.2, 0.25) is 5.91 Å². The second-order valence-corrected chi connectivity index (χ2v) is 7.04. The Kier molecular flexibility index (Phi) is 4.89. The Morgan fingerprint density at radius 3 is 2.62 bits per heavy atom. The first-order valence-electron chi connectivity index (χ1n) is 8.43. The van der Waals surface area contributed by atoms with E-state index < -0.39 is 12.7 Å². The first-order valence-corrected chi connectivity index (χ1v) is 8.43. The molecule has 3 aliphatic rings. The van der Waals surface area contributed by atoms with Crippen molar-refractivity contribution in [2.24, 2.45) is 5.92 Å². The minimum Gasteiger partial charge on any atom is -0.338 e. The van der Waals surface area contributed by atoms with E-state index in [1.165, 1.54) is 4.90 Å². The molecule has 2 saturated heterocycles. The summed E-state index contributed by atoms with van der Waals surface area (Å²) in [6.45, 7) is 0.766. The van der Waals surface area contributed by atoms with E-state index in [0.717, 1.165) is 12.8 Å². The van der Waals surface area contributed by atoms with Crippen LogP contribution in [0.15, 0.2) is 0 Å². The molecule has 0 bridgehead atoms. The van der Waals surface area contributed by atoms with Gasteiger partial charge in [0.05, 0.1) is 12.6 Å². The molecule has 0 spiro atoms. The molecule has 0 aromatic carbocycles. The highest BCUT2D eigenvalue weighted by Gasteiger charge is 2.40. The number of halogens is 3. The lowest BCUT2D eigenvalue weighted by molar-refractivity contribution is -0.143. The summed E-state index contributed by atoms with van der Waals surface area (Å²) >= 11 is 0. The summed E-state index contributed by atoms with van der Waals surface area (Å²) in [5.41, 5.74) is 0. The average Bonchev–Trinajstić information content (AvgIpc) is 3.12. The largest absolute Gasteiger partial charge is 0.401 e. The average molecular weight is 348 g/mol. The third-order valence-electron chi connectivity index (χ3n) is 4.81. The van der Waals surface area contributed by atoms with Crippen molar-refractivity contribution in [2.75, 3.05) is 32.7 Å². The molecule has 0 radical (unpaired) electrons. The van der Waals surface area contributed by atoms with E-state index in [0.29, 0.717) is 45.1 Å². The Morgan fingerprint density at radius 1 is 1.21 bits per heavy atom. The fourth-order valence-electron chi connectivity index (χ4n) is 3.52. The molecule has 3 fully saturated rings. The Balaban J connectivity index is 1.34. The van der Waals surface area contributed by atoms with E-state index in [-0.39, 0.29) is 23.9 Å². The highest BCUT2D eigenvalue weighted by molar-refractivity contribution is 5.82. The van der Waals surface area contributed by atoms with E-state index in [1.807, 2.05) is 4.90 Å². The summed E-state index contributed by atoms with van der Waals surface area (Å²) in [5.74, 6) is 0.118. The fraction of sp³-hybridized carbons (Fsp3) is 0.867. The van der Waals surface area contributed by atoms with Crippen molar-refractivity contribution in [1.29, 1.82) is 0 Å². The standard InChI is InChI=1S/C15H23F3N4O2/c16-15(17,18)9-21-4-3-10(7-21)6-19-14(24)20-11-5-13(23)22(8-11)12-1-2-12/h10-12H,1-9H2,(H2,19,20,24). The summed E-state index contributed by atoms with van der Waals surface area (Å²) in [7, 11) is 0. The summed E-state index contributed by atoms with van der Waals surface area (Å²) < 4.78 is 37.0. The van der Waals surface area contributed by atoms with Crippen molar-refractivity contribution >= 4 is 11.9 Å². The third kappa shape index (κ3) is 4.75. The fourth-order valence-corrected chi connectivity index (χ4v) is 3.52. The van der Waals surface area contributed by atoms with Crippen molar-refractivity contribution in [3.8, 4) is 0 Å². The predicted molar refractivity (Wildman–Crippen MR) is 80.3 cm³/mol. The van der Waals surface area contributed by atoms with Crippen molar-refractivity contribution in [1.82, 2.24) is 20.4 Å². The number of alkyl halides is 3. The van der Waals surface area contributed by atoms with Crippen LogP contribution < -0.4 is 10.6 Å². The number of rotatable bonds is 5. The minimum atomic E-state index is -4.18. The Hall–Kier alpha value is -1.51. The van der Waals surface area contributed by atoms with E-state index >= 15 is 0 Å². The lowest BCUT2D eigenvalue weighted by Gasteiger charge is -2.19. The van der Waals surface area contributed by atoms with Crippen LogP contribution in [0.2, 0.25) is 0 Å². The first kappa shape index (κ1) is 17.3. The van der Waals surface area contributed by atoms with Crippen LogP contribution in [0.1, 0.15) is 25.7 Å². The van der Waals surface area contributed by atoms with E-state index in [1.54, 1.807) is 0 Å². The molecule has 3 rings (SSSR count). The van der Waals surface area contributed by atoms with Crippen LogP contribution in [-0.4, -0.2) is 72.7 Å². The molecule has 24 heavy (non-hydrogen) atoms. The summed E-state index contributed by atoms with van der Waals surface area (Å²) in [6.07, 6.45) is -1.12. The van der Waals surface area contributed by atoms with Gasteiger partial charge in [-0.15, -0.1) is 0 Å². The Bertz CT molecular complexity index is 496. The van der Waals surface area contributed by atoms with Gasteiger partial charge in [-0.1, -0.05) is 0 Å². The molecule has 2 aliphatic heterocycles. The van der Waals surface area contributed by atoms with Gasteiger partial charge in [0, 0.05) is 32.1 Å². The molecular formula is C15H23F3N4O2. The van der Waals surface area contributed by atoms with Crippen LogP contribution in [-0.2, 0) is 4.79 Å². The predicted octanol–water partition coefficient (Wildman–Crippen LogP) is 0.933. The Labute approximate surface area is 138 Å². The SMILES string of the molecule is O=C(NCC1CCN(CC(F)(F)F)C1)NC1CC(=O)N(C2CC2)C1. The van der Waals surface area contributed by atoms with Gasteiger partial charge < -0.3 is 15.5 Å². The molecule has 3 amide bonds. The second kappa shape index (κ2) is 6.78. The molecule has 2 atom stereocenters. The molecule has 2 unspecified atom stereocenters. The first-order chi connectivity index (χ1) is 11.3. The number of carbonyl (C=O) groups is 2. The molecule has 2 N–H and O–H groups in total. The molecular weight excluding hydrogens is 325 g/mol. The van der Waals surface area contributed by atoms with Crippen LogP contribution in [0, 0.1) is 5.92 Å². The Morgan fingerprint density at radius 2 is 1.96 bits per heavy atom. The van der Waals surface area contributed by atoms with Crippen molar-refractivity contribution in [2.45, 2.75) is 43.9 Å². The lowest BCUT2D eigenvalue weighted by atomic mass is 10.1. The molecule has 0 aromatic rings. The van der Waals surface area contributed by atoms with Crippen LogP contribution in [0.25, 0.3) is 0 Å². The number of nitrogens with zero attached hydrogens (tertiary/aromatic N) is 2. The molecule has 2 heterocycles. The van der Waals surface area contributed by atoms with Gasteiger partial charge in [-0.2, -0.15) is 13.2 Å². The molecule has 136 valence electrons. The number of urea groups is 1. The van der Waals surface area contributed by atoms with E-state index in [4.69, 9.17) is 0 Å². The van der Waals surface area contributed by atoms with Crippen LogP contribution in [0.4, 0.5) is 18.0 Å². The number of likely N-dealkylation sites (tertiary alicyclic amines) is 2. The quantitative estimate of drug-likeness (QED) is 0.777. The second-order valence-electron chi connectivity index (χ2n) is 7.04. The third-order valence-corrected chi connectivity index (χ3v) is 4.81. The van der Waals surface area contributed by atoms with E-state index in [9.17, 15) is 22.8 Å². The smallest absolute Gasteiger partial charge is 0.338 e. The maximum atomic E-state index is 12.3. The summed E-state index contributed by atoms with van der Waals surface area (Å²) in [5, 5.41) is 5.51. The number of nitrogens with one attached hydrogen (secondary N) is 2. The summed E-state index contributed by atoms with van der Waals surface area (Å²) in [6, 6.07) is -0.173. The zero-order chi connectivity index (χ0) is 17.3. The van der Waals surface area contributed by atoms with Crippen molar-refractivity contribution in [3.63, 3.8) is 0 Å². The molecule has 9 heteroatoms. The van der Waals surface area contributed by atoms with Crippen LogP contribution in [0.3, 0.4) is 0 Å². The van der Waals surface area contributed by atoms with Crippen molar-refractivity contribution < 1.29 is 22.8 Å². The zero-order valence-corrected chi connectivity index (χ0v) is 13.4. The number of amides is 3. The van der Waals surface area contributed by atoms with Gasteiger partial charge in [-0.25, -0.2) is 4.79 Å². The minimum absolute atomic E-state index is 0.0336. The van der Waals surface area contributed by atoms with Gasteiger partial charge in [-0.05, 0) is 31.7 Å². The monoisotopic (exact) mass is 348 g/mol. The molecule has 0 aromatic heterocycles. The maximum absolute atomic E-state index is 12.3.